The van der Waals surface area contributed by atoms with Gasteiger partial charge in [0.25, 0.3) is 0 Å². The van der Waals surface area contributed by atoms with Crippen molar-refractivity contribution in [3.63, 3.8) is 0 Å². The standard InChI is InChI=1S/C17H17F2NO/c1-10-7-14(19)15(8-13(10)18)20-17-11(2)9-21-16-6-4-3-5-12(16)17/h3-8,11,17,20H,9H2,1-2H3. The zero-order valence-electron chi connectivity index (χ0n) is 12.0. The number of ether oxygens (including phenoxy) is 1. The van der Waals surface area contributed by atoms with Gasteiger partial charge in [0.1, 0.15) is 17.4 Å². The Kier molecular flexibility index (Phi) is 3.53. The van der Waals surface area contributed by atoms with Crippen molar-refractivity contribution in [2.24, 2.45) is 5.92 Å². The molecular weight excluding hydrogens is 272 g/mol. The first-order chi connectivity index (χ1) is 10.1. The van der Waals surface area contributed by atoms with Crippen molar-refractivity contribution in [1.82, 2.24) is 0 Å². The molecule has 0 radical (unpaired) electrons. The summed E-state index contributed by atoms with van der Waals surface area (Å²) in [5.74, 6) is 0.0988. The van der Waals surface area contributed by atoms with E-state index in [2.05, 4.69) is 5.32 Å². The van der Waals surface area contributed by atoms with E-state index in [9.17, 15) is 8.78 Å². The van der Waals surface area contributed by atoms with E-state index in [1.807, 2.05) is 31.2 Å². The Bertz CT molecular complexity index is 672. The summed E-state index contributed by atoms with van der Waals surface area (Å²) in [5.41, 5.74) is 1.46. The predicted molar refractivity (Wildman–Crippen MR) is 78.6 cm³/mol. The molecule has 0 aliphatic carbocycles. The first-order valence-electron chi connectivity index (χ1n) is 7.00. The zero-order chi connectivity index (χ0) is 15.0. The number of benzene rings is 2. The normalized spacial score (nSPS) is 20.6. The molecule has 0 saturated heterocycles. The Morgan fingerprint density at radius 1 is 1.14 bits per heavy atom. The maximum atomic E-state index is 14.0. The lowest BCUT2D eigenvalue weighted by molar-refractivity contribution is 0.214. The summed E-state index contributed by atoms with van der Waals surface area (Å²) in [5, 5.41) is 3.13. The molecule has 2 aromatic carbocycles. The molecule has 0 spiro atoms. The van der Waals surface area contributed by atoms with Crippen LogP contribution in [-0.2, 0) is 0 Å². The van der Waals surface area contributed by atoms with E-state index in [0.717, 1.165) is 11.3 Å². The maximum Gasteiger partial charge on any atom is 0.146 e. The van der Waals surface area contributed by atoms with Crippen molar-refractivity contribution in [1.29, 1.82) is 0 Å². The number of aryl methyl sites for hydroxylation is 1. The van der Waals surface area contributed by atoms with E-state index < -0.39 is 11.6 Å². The van der Waals surface area contributed by atoms with Gasteiger partial charge < -0.3 is 10.1 Å². The summed E-state index contributed by atoms with van der Waals surface area (Å²) in [4.78, 5) is 0. The smallest absolute Gasteiger partial charge is 0.146 e. The van der Waals surface area contributed by atoms with Crippen LogP contribution in [0, 0.1) is 24.5 Å². The third kappa shape index (κ3) is 2.58. The summed E-state index contributed by atoms with van der Waals surface area (Å²) in [6, 6.07) is 9.99. The molecule has 0 amide bonds. The van der Waals surface area contributed by atoms with Gasteiger partial charge in [-0.05, 0) is 24.6 Å². The van der Waals surface area contributed by atoms with Crippen LogP contribution in [-0.4, -0.2) is 6.61 Å². The summed E-state index contributed by atoms with van der Waals surface area (Å²) in [7, 11) is 0. The van der Waals surface area contributed by atoms with E-state index in [1.54, 1.807) is 6.92 Å². The first kappa shape index (κ1) is 13.9. The minimum atomic E-state index is -0.440. The lowest BCUT2D eigenvalue weighted by Gasteiger charge is -2.32. The molecule has 2 unspecified atom stereocenters. The molecule has 110 valence electrons. The van der Waals surface area contributed by atoms with Crippen LogP contribution >= 0.6 is 0 Å². The zero-order valence-corrected chi connectivity index (χ0v) is 12.0. The van der Waals surface area contributed by atoms with Crippen molar-refractivity contribution in [2.75, 3.05) is 11.9 Å². The van der Waals surface area contributed by atoms with Gasteiger partial charge in [0.05, 0.1) is 18.3 Å². The highest BCUT2D eigenvalue weighted by Gasteiger charge is 2.28. The quantitative estimate of drug-likeness (QED) is 0.881. The van der Waals surface area contributed by atoms with Gasteiger partial charge in [-0.15, -0.1) is 0 Å². The molecule has 1 N–H and O–H groups in total. The van der Waals surface area contributed by atoms with Gasteiger partial charge in [-0.3, -0.25) is 0 Å². The highest BCUT2D eigenvalue weighted by atomic mass is 19.1. The number of anilines is 1. The largest absolute Gasteiger partial charge is 0.493 e. The van der Waals surface area contributed by atoms with Gasteiger partial charge in [0.2, 0.25) is 0 Å². The van der Waals surface area contributed by atoms with Crippen molar-refractivity contribution in [2.45, 2.75) is 19.9 Å². The van der Waals surface area contributed by atoms with E-state index in [0.29, 0.717) is 12.2 Å². The molecule has 1 aliphatic rings. The van der Waals surface area contributed by atoms with Crippen LogP contribution in [0.5, 0.6) is 5.75 Å². The molecular formula is C17H17F2NO. The summed E-state index contributed by atoms with van der Waals surface area (Å²) in [6.07, 6.45) is 0. The van der Waals surface area contributed by atoms with Crippen molar-refractivity contribution >= 4 is 5.69 Å². The second-order valence-electron chi connectivity index (χ2n) is 5.53. The Morgan fingerprint density at radius 2 is 1.90 bits per heavy atom. The predicted octanol–water partition coefficient (Wildman–Crippen LogP) is 4.45. The topological polar surface area (TPSA) is 21.3 Å². The monoisotopic (exact) mass is 289 g/mol. The summed E-state index contributed by atoms with van der Waals surface area (Å²) < 4.78 is 33.4. The Morgan fingerprint density at radius 3 is 2.71 bits per heavy atom. The van der Waals surface area contributed by atoms with Crippen LogP contribution in [0.3, 0.4) is 0 Å². The van der Waals surface area contributed by atoms with Gasteiger partial charge in [-0.1, -0.05) is 25.1 Å². The summed E-state index contributed by atoms with van der Waals surface area (Å²) in [6.45, 7) is 4.12. The van der Waals surface area contributed by atoms with Crippen LogP contribution in [0.15, 0.2) is 36.4 Å². The first-order valence-corrected chi connectivity index (χ1v) is 7.00. The Hall–Kier alpha value is -2.10. The third-order valence-corrected chi connectivity index (χ3v) is 3.88. The average molecular weight is 289 g/mol. The second-order valence-corrected chi connectivity index (χ2v) is 5.53. The molecule has 1 heterocycles. The molecule has 1 aliphatic heterocycles. The lowest BCUT2D eigenvalue weighted by atomic mass is 9.91. The highest BCUT2D eigenvalue weighted by Crippen LogP contribution is 2.37. The highest BCUT2D eigenvalue weighted by molar-refractivity contribution is 5.51. The molecule has 0 saturated carbocycles. The molecule has 2 aromatic rings. The van der Waals surface area contributed by atoms with Crippen LogP contribution < -0.4 is 10.1 Å². The van der Waals surface area contributed by atoms with E-state index in [4.69, 9.17) is 4.74 Å². The second kappa shape index (κ2) is 5.35. The molecule has 0 bridgehead atoms. The number of hydrogen-bond donors (Lipinski definition) is 1. The van der Waals surface area contributed by atoms with E-state index >= 15 is 0 Å². The van der Waals surface area contributed by atoms with Gasteiger partial charge in [0, 0.05) is 17.5 Å². The van der Waals surface area contributed by atoms with Crippen molar-refractivity contribution in [3.05, 3.63) is 59.2 Å². The molecule has 4 heteroatoms. The van der Waals surface area contributed by atoms with Gasteiger partial charge in [-0.25, -0.2) is 8.78 Å². The fourth-order valence-electron chi connectivity index (χ4n) is 2.64. The third-order valence-electron chi connectivity index (χ3n) is 3.88. The molecule has 21 heavy (non-hydrogen) atoms. The molecule has 0 fully saturated rings. The number of fused-ring (bicyclic) bond motifs is 1. The van der Waals surface area contributed by atoms with Gasteiger partial charge in [-0.2, -0.15) is 0 Å². The van der Waals surface area contributed by atoms with E-state index in [1.165, 1.54) is 12.1 Å². The van der Waals surface area contributed by atoms with E-state index in [-0.39, 0.29) is 17.6 Å². The Balaban J connectivity index is 1.96. The Labute approximate surface area is 122 Å². The number of rotatable bonds is 2. The van der Waals surface area contributed by atoms with Crippen LogP contribution in [0.4, 0.5) is 14.5 Å². The van der Waals surface area contributed by atoms with Crippen molar-refractivity contribution < 1.29 is 13.5 Å². The fraction of sp³-hybridized carbons (Fsp3) is 0.294. The maximum absolute atomic E-state index is 14.0. The summed E-state index contributed by atoms with van der Waals surface area (Å²) >= 11 is 0. The van der Waals surface area contributed by atoms with Crippen LogP contribution in [0.1, 0.15) is 24.1 Å². The molecule has 2 atom stereocenters. The molecule has 0 aromatic heterocycles. The fourth-order valence-corrected chi connectivity index (χ4v) is 2.64. The number of hydrogen-bond acceptors (Lipinski definition) is 2. The molecule has 3 rings (SSSR count). The minimum absolute atomic E-state index is 0.105. The SMILES string of the molecule is Cc1cc(F)c(NC2c3ccccc3OCC2C)cc1F. The van der Waals surface area contributed by atoms with Crippen LogP contribution in [0.2, 0.25) is 0 Å². The number of halogens is 2. The number of para-hydroxylation sites is 1. The van der Waals surface area contributed by atoms with Gasteiger partial charge in [0.15, 0.2) is 0 Å². The van der Waals surface area contributed by atoms with Crippen LogP contribution in [0.25, 0.3) is 0 Å². The minimum Gasteiger partial charge on any atom is -0.493 e. The van der Waals surface area contributed by atoms with Crippen molar-refractivity contribution in [3.8, 4) is 5.75 Å². The molecule has 2 nitrogen and oxygen atoms in total. The number of nitrogens with one attached hydrogen (secondary N) is 1. The lowest BCUT2D eigenvalue weighted by Crippen LogP contribution is -2.29. The van der Waals surface area contributed by atoms with Gasteiger partial charge >= 0.3 is 0 Å². The average Bonchev–Trinajstić information content (AvgIpc) is 2.47.